The highest BCUT2D eigenvalue weighted by molar-refractivity contribution is 8.31. The fraction of sp³-hybridized carbons (Fsp3) is 0.533. The van der Waals surface area contributed by atoms with Gasteiger partial charge in [0, 0.05) is 58.7 Å². The van der Waals surface area contributed by atoms with E-state index < -0.39 is 0 Å². The molecule has 0 saturated heterocycles. The summed E-state index contributed by atoms with van der Waals surface area (Å²) in [7, 11) is 0. The Morgan fingerprint density at radius 1 is 0.286 bits per heavy atom. The Bertz CT molecular complexity index is 1100. The lowest BCUT2D eigenvalue weighted by atomic mass is 10.3. The molecule has 0 amide bonds. The third kappa shape index (κ3) is 8.15. The van der Waals surface area contributed by atoms with Gasteiger partial charge < -0.3 is 0 Å². The quantitative estimate of drug-likeness (QED) is 0.149. The van der Waals surface area contributed by atoms with Crippen molar-refractivity contribution in [1.82, 2.24) is 0 Å². The summed E-state index contributed by atoms with van der Waals surface area (Å²) in [6, 6.07) is 0. The molecule has 12 heteroatoms. The zero-order valence-corrected chi connectivity index (χ0v) is 35.4. The van der Waals surface area contributed by atoms with Gasteiger partial charge in [0.25, 0.3) is 0 Å². The first kappa shape index (κ1) is 37.2. The normalized spacial score (nSPS) is 14.3. The van der Waals surface area contributed by atoms with E-state index in [1.165, 1.54) is 67.2 Å². The van der Waals surface area contributed by atoms with Crippen LogP contribution in [-0.4, -0.2) is 46.0 Å². The van der Waals surface area contributed by atoms with Crippen molar-refractivity contribution in [2.24, 2.45) is 0 Å². The van der Waals surface area contributed by atoms with Gasteiger partial charge in [0.15, 0.2) is 0 Å². The zero-order valence-electron chi connectivity index (χ0n) is 25.6. The molecule has 2 heterocycles. The van der Waals surface area contributed by atoms with Gasteiger partial charge in [-0.3, -0.25) is 0 Å². The first-order chi connectivity index (χ1) is 20.5. The van der Waals surface area contributed by atoms with Gasteiger partial charge in [-0.1, -0.05) is 102 Å². The third-order valence-electron chi connectivity index (χ3n) is 5.73. The number of benzene rings is 2. The topological polar surface area (TPSA) is 0 Å². The molecule has 2 aromatic rings. The second-order valence-electron chi connectivity index (χ2n) is 8.40. The van der Waals surface area contributed by atoms with E-state index in [4.69, 9.17) is 0 Å². The van der Waals surface area contributed by atoms with Crippen molar-refractivity contribution in [2.45, 2.75) is 114 Å². The highest BCUT2D eigenvalue weighted by atomic mass is 32.2. The lowest BCUT2D eigenvalue weighted by Crippen LogP contribution is -1.95. The predicted octanol–water partition coefficient (Wildman–Crippen LogP) is 14.8. The molecule has 0 saturated carbocycles. The minimum atomic E-state index is 1.11. The van der Waals surface area contributed by atoms with E-state index in [9.17, 15) is 0 Å². The first-order valence-corrected chi connectivity index (χ1v) is 25.6. The van der Waals surface area contributed by atoms with Gasteiger partial charge >= 0.3 is 0 Å². The lowest BCUT2D eigenvalue weighted by Gasteiger charge is -2.20. The van der Waals surface area contributed by atoms with Crippen molar-refractivity contribution in [3.05, 3.63) is 8.47 Å². The summed E-state index contributed by atoms with van der Waals surface area (Å²) in [6.45, 7) is 18.4. The van der Waals surface area contributed by atoms with Gasteiger partial charge in [-0.25, -0.2) is 0 Å². The van der Waals surface area contributed by atoms with Crippen LogP contribution < -0.4 is 0 Å². The molecule has 42 heavy (non-hydrogen) atoms. The zero-order chi connectivity index (χ0) is 30.2. The minimum Gasteiger partial charge on any atom is -0.124 e. The van der Waals surface area contributed by atoms with Crippen LogP contribution in [0.1, 0.15) is 55.4 Å². The van der Waals surface area contributed by atoms with Crippen molar-refractivity contribution in [3.8, 4) is 0 Å². The fourth-order valence-corrected chi connectivity index (χ4v) is 20.0. The molecule has 0 radical (unpaired) electrons. The molecule has 2 aromatic carbocycles. The summed E-state index contributed by atoms with van der Waals surface area (Å²) in [4.78, 5) is 18.3. The average molecular weight is 785 g/mol. The van der Waals surface area contributed by atoms with Gasteiger partial charge in [-0.15, -0.1) is 94.1 Å². The van der Waals surface area contributed by atoms with E-state index in [1.54, 1.807) is 0 Å². The minimum absolute atomic E-state index is 1.11. The van der Waals surface area contributed by atoms with Crippen LogP contribution in [0.4, 0.5) is 0 Å². The smallest absolute Gasteiger partial charge is 0.0707 e. The molecule has 232 valence electrons. The Labute approximate surface area is 306 Å². The van der Waals surface area contributed by atoms with Gasteiger partial charge in [0.1, 0.15) is 0 Å². The van der Waals surface area contributed by atoms with E-state index in [2.05, 4.69) is 197 Å². The molecule has 0 N–H and O–H groups in total. The molecule has 0 fully saturated rings. The van der Waals surface area contributed by atoms with Crippen LogP contribution in [0.15, 0.2) is 67.2 Å². The standard InChI is InChI=1S/C30H40S12/c1-9-31-17-18(32-10-2)22(36-14-6)26-25(21(17)35-13-5)39-29(40-26)30-41-27-23(37-15-7)19(33-11-3)20(34-12-4)24(38-16-8)28(27)42-30/h9-16H2,1-8H3. The van der Waals surface area contributed by atoms with Gasteiger partial charge in [-0.2, -0.15) is 0 Å². The molecule has 0 spiro atoms. The molecule has 0 unspecified atom stereocenters. The Morgan fingerprint density at radius 2 is 0.452 bits per heavy atom. The summed E-state index contributed by atoms with van der Waals surface area (Å²) >= 11 is 24.7. The van der Waals surface area contributed by atoms with Crippen molar-refractivity contribution < 1.29 is 0 Å². The van der Waals surface area contributed by atoms with Crippen molar-refractivity contribution in [1.29, 1.82) is 0 Å². The molecular formula is C30H40S12. The van der Waals surface area contributed by atoms with Crippen LogP contribution >= 0.6 is 141 Å². The summed E-state index contributed by atoms with van der Waals surface area (Å²) < 4.78 is 2.99. The second kappa shape index (κ2) is 18.8. The van der Waals surface area contributed by atoms with Gasteiger partial charge in [0.2, 0.25) is 0 Å². The molecule has 0 bridgehead atoms. The van der Waals surface area contributed by atoms with E-state index in [0.29, 0.717) is 0 Å². The van der Waals surface area contributed by atoms with Crippen molar-refractivity contribution >= 4 is 141 Å². The average Bonchev–Trinajstić information content (AvgIpc) is 3.62. The van der Waals surface area contributed by atoms with Crippen LogP contribution in [0, 0.1) is 0 Å². The lowest BCUT2D eigenvalue weighted by molar-refractivity contribution is 0.879. The Morgan fingerprint density at radius 3 is 0.619 bits per heavy atom. The molecule has 2 aliphatic heterocycles. The van der Waals surface area contributed by atoms with Gasteiger partial charge in [-0.05, 0) is 46.0 Å². The highest BCUT2D eigenvalue weighted by Crippen LogP contribution is 2.69. The van der Waals surface area contributed by atoms with Crippen molar-refractivity contribution in [2.75, 3.05) is 46.0 Å². The number of hydrogen-bond donors (Lipinski definition) is 0. The maximum atomic E-state index is 2.31. The number of rotatable bonds is 16. The van der Waals surface area contributed by atoms with Crippen LogP contribution in [0.5, 0.6) is 0 Å². The molecule has 0 nitrogen and oxygen atoms in total. The van der Waals surface area contributed by atoms with Crippen LogP contribution in [0.3, 0.4) is 0 Å². The van der Waals surface area contributed by atoms with Gasteiger partial charge in [0.05, 0.1) is 8.47 Å². The maximum Gasteiger partial charge on any atom is 0.0707 e. The number of thioether (sulfide) groups is 12. The summed E-state index contributed by atoms with van der Waals surface area (Å²) in [5.74, 6) is 8.89. The molecule has 0 atom stereocenters. The van der Waals surface area contributed by atoms with Crippen LogP contribution in [-0.2, 0) is 0 Å². The third-order valence-corrected chi connectivity index (χ3v) is 20.7. The first-order valence-electron chi connectivity index (χ1n) is 14.5. The second-order valence-corrected chi connectivity index (χ2v) is 23.2. The monoisotopic (exact) mass is 784 g/mol. The van der Waals surface area contributed by atoms with E-state index >= 15 is 0 Å². The van der Waals surface area contributed by atoms with Crippen LogP contribution in [0.2, 0.25) is 0 Å². The van der Waals surface area contributed by atoms with E-state index in [1.807, 2.05) is 0 Å². The summed E-state index contributed by atoms with van der Waals surface area (Å²) in [6.07, 6.45) is 0. The molecule has 0 aliphatic carbocycles. The molecular weight excluding hydrogens is 745 g/mol. The SMILES string of the molecule is CCSc1c(SCC)c(SCC)c2c(c1SCC)SC(=C1Sc3c(SCC)c(SCC)c(SCC)c(SCC)c3S1)S2. The fourth-order valence-electron chi connectivity index (χ4n) is 4.39. The maximum absolute atomic E-state index is 2.31. The largest absolute Gasteiger partial charge is 0.124 e. The van der Waals surface area contributed by atoms with E-state index in [-0.39, 0.29) is 0 Å². The van der Waals surface area contributed by atoms with E-state index in [0.717, 1.165) is 46.0 Å². The predicted molar refractivity (Wildman–Crippen MR) is 215 cm³/mol. The molecule has 2 aliphatic rings. The molecule has 4 rings (SSSR count). The Hall–Kier alpha value is 2.38. The highest BCUT2D eigenvalue weighted by Gasteiger charge is 2.37. The number of hydrogen-bond acceptors (Lipinski definition) is 12. The Balaban J connectivity index is 1.89. The summed E-state index contributed by atoms with van der Waals surface area (Å²) in [5.41, 5.74) is 0. The molecule has 0 aromatic heterocycles. The number of fused-ring (bicyclic) bond motifs is 2. The van der Waals surface area contributed by atoms with Crippen LogP contribution in [0.25, 0.3) is 0 Å². The summed E-state index contributed by atoms with van der Waals surface area (Å²) in [5, 5.41) is 0. The Kier molecular flexibility index (Phi) is 16.7. The van der Waals surface area contributed by atoms with Crippen molar-refractivity contribution in [3.63, 3.8) is 0 Å².